The van der Waals surface area contributed by atoms with Crippen molar-refractivity contribution in [1.82, 2.24) is 5.32 Å². The van der Waals surface area contributed by atoms with Crippen LogP contribution in [0.3, 0.4) is 0 Å². The van der Waals surface area contributed by atoms with Crippen molar-refractivity contribution in [2.45, 2.75) is 89.4 Å². The smallest absolute Gasteiger partial charge is 0.226 e. The molecule has 0 aromatic heterocycles. The number of aryl methyl sites for hydroxylation is 1. The lowest BCUT2D eigenvalue weighted by Gasteiger charge is -2.62. The highest BCUT2D eigenvalue weighted by Crippen LogP contribution is 2.66. The van der Waals surface area contributed by atoms with Gasteiger partial charge in [-0.15, -0.1) is 0 Å². The third kappa shape index (κ3) is 2.92. The minimum absolute atomic E-state index is 0.0860. The van der Waals surface area contributed by atoms with Gasteiger partial charge in [0, 0.05) is 6.54 Å². The first-order chi connectivity index (χ1) is 14.9. The lowest BCUT2D eigenvalue weighted by molar-refractivity contribution is -0.150. The van der Waals surface area contributed by atoms with Gasteiger partial charge in [0.15, 0.2) is 0 Å². The summed E-state index contributed by atoms with van der Waals surface area (Å²) in [5.41, 5.74) is 3.48. The molecule has 1 aromatic rings. The normalized spacial score (nSPS) is 48.9. The standard InChI is InChI=1S/C29H39NO/c1-19-2-4-25(5-3-19)28-13-23-9-24(14-28)16-29(15-23,17-28)26(31)30-18-27-10-20-6-21(11-27)8-22(7-20)12-27/h2-5,20-24H,6-18H2,1H3,(H,30,31)/t20?,21?,22?,23-,24-,27?,28?,29?/m1/s1. The maximum atomic E-state index is 13.9. The van der Waals surface area contributed by atoms with E-state index in [4.69, 9.17) is 0 Å². The lowest BCUT2D eigenvalue weighted by Crippen LogP contribution is -2.60. The number of carbonyl (C=O) groups excluding carboxylic acids is 1. The Kier molecular flexibility index (Phi) is 3.95. The Bertz CT molecular complexity index is 849. The second-order valence-corrected chi connectivity index (χ2v) is 13.5. The van der Waals surface area contributed by atoms with E-state index in [1.807, 2.05) is 0 Å². The van der Waals surface area contributed by atoms with Gasteiger partial charge in [0.25, 0.3) is 0 Å². The zero-order valence-electron chi connectivity index (χ0n) is 19.3. The number of hydrogen-bond donors (Lipinski definition) is 1. The number of hydrogen-bond acceptors (Lipinski definition) is 1. The number of nitrogens with one attached hydrogen (secondary N) is 1. The maximum absolute atomic E-state index is 13.9. The van der Waals surface area contributed by atoms with Gasteiger partial charge in [-0.3, -0.25) is 4.79 Å². The number of benzene rings is 1. The highest BCUT2D eigenvalue weighted by molar-refractivity contribution is 5.83. The maximum Gasteiger partial charge on any atom is 0.226 e. The van der Waals surface area contributed by atoms with Crippen molar-refractivity contribution in [3.63, 3.8) is 0 Å². The van der Waals surface area contributed by atoms with Crippen molar-refractivity contribution in [2.24, 2.45) is 40.4 Å². The van der Waals surface area contributed by atoms with E-state index in [9.17, 15) is 4.79 Å². The van der Waals surface area contributed by atoms with Gasteiger partial charge in [0.05, 0.1) is 5.41 Å². The van der Waals surface area contributed by atoms with E-state index in [0.717, 1.165) is 55.4 Å². The molecule has 31 heavy (non-hydrogen) atoms. The molecule has 8 bridgehead atoms. The monoisotopic (exact) mass is 417 g/mol. The van der Waals surface area contributed by atoms with Crippen molar-refractivity contribution in [1.29, 1.82) is 0 Å². The van der Waals surface area contributed by atoms with Gasteiger partial charge >= 0.3 is 0 Å². The Labute approximate surface area is 188 Å². The van der Waals surface area contributed by atoms with Crippen LogP contribution in [-0.4, -0.2) is 12.5 Å². The van der Waals surface area contributed by atoms with E-state index in [1.165, 1.54) is 68.9 Å². The minimum Gasteiger partial charge on any atom is -0.355 e. The third-order valence-electron chi connectivity index (χ3n) is 11.0. The first kappa shape index (κ1) is 19.2. The van der Waals surface area contributed by atoms with E-state index in [1.54, 1.807) is 0 Å². The summed E-state index contributed by atoms with van der Waals surface area (Å²) in [5.74, 6) is 4.85. The molecule has 8 fully saturated rings. The number of carbonyl (C=O) groups is 1. The molecule has 1 amide bonds. The fraction of sp³-hybridized carbons (Fsp3) is 0.759. The quantitative estimate of drug-likeness (QED) is 0.624. The van der Waals surface area contributed by atoms with Gasteiger partial charge in [-0.2, -0.15) is 0 Å². The summed E-state index contributed by atoms with van der Waals surface area (Å²) in [6.07, 6.45) is 16.1. The molecule has 0 unspecified atom stereocenters. The van der Waals surface area contributed by atoms with Gasteiger partial charge in [-0.25, -0.2) is 0 Å². The number of amides is 1. The Morgan fingerprint density at radius 1 is 0.806 bits per heavy atom. The van der Waals surface area contributed by atoms with E-state index in [2.05, 4.69) is 36.5 Å². The summed E-state index contributed by atoms with van der Waals surface area (Å²) in [6, 6.07) is 9.33. The van der Waals surface area contributed by atoms with Crippen molar-refractivity contribution in [3.05, 3.63) is 35.4 Å². The summed E-state index contributed by atoms with van der Waals surface area (Å²) in [7, 11) is 0. The second kappa shape index (κ2) is 6.39. The van der Waals surface area contributed by atoms with Crippen LogP contribution in [0.15, 0.2) is 24.3 Å². The van der Waals surface area contributed by atoms with Gasteiger partial charge in [-0.1, -0.05) is 29.8 Å². The van der Waals surface area contributed by atoms with Gasteiger partial charge < -0.3 is 5.32 Å². The van der Waals surface area contributed by atoms with Crippen molar-refractivity contribution in [2.75, 3.05) is 6.54 Å². The molecular weight excluding hydrogens is 378 g/mol. The first-order valence-corrected chi connectivity index (χ1v) is 13.3. The van der Waals surface area contributed by atoms with E-state index in [-0.39, 0.29) is 10.8 Å². The van der Waals surface area contributed by atoms with Crippen LogP contribution < -0.4 is 5.32 Å². The molecule has 2 nitrogen and oxygen atoms in total. The molecule has 0 saturated heterocycles. The van der Waals surface area contributed by atoms with Crippen LogP contribution in [0.25, 0.3) is 0 Å². The summed E-state index contributed by atoms with van der Waals surface area (Å²) in [6.45, 7) is 3.16. The zero-order valence-corrected chi connectivity index (χ0v) is 19.3. The third-order valence-corrected chi connectivity index (χ3v) is 11.0. The van der Waals surface area contributed by atoms with Crippen molar-refractivity contribution in [3.8, 4) is 0 Å². The summed E-state index contributed by atoms with van der Waals surface area (Å²) >= 11 is 0. The average molecular weight is 418 g/mol. The SMILES string of the molecule is Cc1ccc(C23C[C@H]4C[C@@H](CC(C(=O)NCC56CC7CC(CC(C7)C5)C6)(C4)C2)C3)cc1. The Morgan fingerprint density at radius 3 is 1.94 bits per heavy atom. The molecule has 0 aliphatic heterocycles. The molecule has 0 radical (unpaired) electrons. The molecule has 2 atom stereocenters. The van der Waals surface area contributed by atoms with Crippen LogP contribution in [0.4, 0.5) is 0 Å². The molecule has 0 heterocycles. The van der Waals surface area contributed by atoms with Crippen LogP contribution in [0.5, 0.6) is 0 Å². The highest BCUT2D eigenvalue weighted by atomic mass is 16.2. The van der Waals surface area contributed by atoms with Crippen molar-refractivity contribution >= 4 is 5.91 Å². The molecule has 1 aromatic carbocycles. The number of rotatable bonds is 4. The Morgan fingerprint density at radius 2 is 1.35 bits per heavy atom. The highest BCUT2D eigenvalue weighted by Gasteiger charge is 2.61. The molecule has 2 heteroatoms. The lowest BCUT2D eigenvalue weighted by atomic mass is 9.42. The fourth-order valence-corrected chi connectivity index (χ4v) is 10.7. The zero-order chi connectivity index (χ0) is 20.8. The van der Waals surface area contributed by atoms with Crippen LogP contribution in [0, 0.1) is 47.3 Å². The molecule has 9 rings (SSSR count). The molecule has 1 N–H and O–H groups in total. The largest absolute Gasteiger partial charge is 0.355 e. The Hall–Kier alpha value is -1.31. The summed E-state index contributed by atoms with van der Waals surface area (Å²) < 4.78 is 0. The van der Waals surface area contributed by atoms with Gasteiger partial charge in [-0.05, 0) is 130 Å². The average Bonchev–Trinajstić information content (AvgIpc) is 2.70. The molecular formula is C29H39NO. The summed E-state index contributed by atoms with van der Waals surface area (Å²) in [5, 5.41) is 3.64. The predicted molar refractivity (Wildman–Crippen MR) is 124 cm³/mol. The molecule has 166 valence electrons. The second-order valence-electron chi connectivity index (χ2n) is 13.5. The fourth-order valence-electron chi connectivity index (χ4n) is 10.7. The van der Waals surface area contributed by atoms with Gasteiger partial charge in [0.1, 0.15) is 0 Å². The van der Waals surface area contributed by atoms with Crippen molar-refractivity contribution < 1.29 is 4.79 Å². The minimum atomic E-state index is -0.0860. The van der Waals surface area contributed by atoms with Crippen LogP contribution >= 0.6 is 0 Å². The first-order valence-electron chi connectivity index (χ1n) is 13.3. The topological polar surface area (TPSA) is 29.1 Å². The summed E-state index contributed by atoms with van der Waals surface area (Å²) in [4.78, 5) is 13.9. The van der Waals surface area contributed by atoms with E-state index < -0.39 is 0 Å². The van der Waals surface area contributed by atoms with Crippen LogP contribution in [0.1, 0.15) is 88.2 Å². The predicted octanol–water partition coefficient (Wildman–Crippen LogP) is 6.17. The van der Waals surface area contributed by atoms with E-state index in [0.29, 0.717) is 11.3 Å². The molecule has 8 aliphatic carbocycles. The van der Waals surface area contributed by atoms with Crippen LogP contribution in [0.2, 0.25) is 0 Å². The molecule has 0 spiro atoms. The molecule has 8 aliphatic rings. The van der Waals surface area contributed by atoms with Gasteiger partial charge in [0.2, 0.25) is 5.91 Å². The Balaban J connectivity index is 1.13. The molecule has 8 saturated carbocycles. The van der Waals surface area contributed by atoms with Crippen LogP contribution in [-0.2, 0) is 10.2 Å². The van der Waals surface area contributed by atoms with E-state index >= 15 is 0 Å².